The third-order valence-electron chi connectivity index (χ3n) is 7.71. The van der Waals surface area contributed by atoms with Crippen LogP contribution >= 0.6 is 0 Å². The highest BCUT2D eigenvalue weighted by Crippen LogP contribution is 2.62. The summed E-state index contributed by atoms with van der Waals surface area (Å²) in [5.74, 6) is 4.09. The van der Waals surface area contributed by atoms with Gasteiger partial charge in [-0.05, 0) is 80.5 Å². The molecule has 4 aliphatic rings. The molecule has 7 atom stereocenters. The Morgan fingerprint density at radius 1 is 1.05 bits per heavy atom. The topological polar surface area (TPSA) is 37.3 Å². The van der Waals surface area contributed by atoms with Crippen molar-refractivity contribution in [3.05, 3.63) is 0 Å². The molecule has 4 saturated carbocycles. The van der Waals surface area contributed by atoms with Gasteiger partial charge in [-0.25, -0.2) is 0 Å². The van der Waals surface area contributed by atoms with E-state index < -0.39 is 0 Å². The number of rotatable bonds is 0. The molecule has 0 saturated heterocycles. The second kappa shape index (κ2) is 4.56. The summed E-state index contributed by atoms with van der Waals surface area (Å²) in [6, 6.07) is 0. The molecule has 112 valence electrons. The highest BCUT2D eigenvalue weighted by Gasteiger charge is 2.56. The molecule has 0 radical (unpaired) electrons. The van der Waals surface area contributed by atoms with Gasteiger partial charge in [0, 0.05) is 12.3 Å². The molecule has 0 unspecified atom stereocenters. The van der Waals surface area contributed by atoms with Crippen molar-refractivity contribution in [2.24, 2.45) is 35.0 Å². The Bertz CT molecular complexity index is 418. The number of hydrogen-bond acceptors (Lipinski definition) is 2. The number of Topliss-reactive ketones (excluding diaryl/α,β-unsaturated/α-hetero) is 1. The Kier molecular flexibility index (Phi) is 3.03. The third kappa shape index (κ3) is 1.76. The van der Waals surface area contributed by atoms with Crippen LogP contribution in [0, 0.1) is 35.0 Å². The van der Waals surface area contributed by atoms with Crippen molar-refractivity contribution in [2.45, 2.75) is 70.8 Å². The third-order valence-corrected chi connectivity index (χ3v) is 7.71. The van der Waals surface area contributed by atoms with Crippen LogP contribution in [-0.4, -0.2) is 17.0 Å². The maximum absolute atomic E-state index is 12.1. The predicted octanol–water partition coefficient (Wildman–Crippen LogP) is 3.57. The lowest BCUT2D eigenvalue weighted by Gasteiger charge is -2.58. The van der Waals surface area contributed by atoms with Gasteiger partial charge in [-0.2, -0.15) is 0 Å². The summed E-state index contributed by atoms with van der Waals surface area (Å²) in [5, 5.41) is 10.00. The van der Waals surface area contributed by atoms with E-state index in [2.05, 4.69) is 6.92 Å². The van der Waals surface area contributed by atoms with E-state index in [0.717, 1.165) is 43.4 Å². The summed E-state index contributed by atoms with van der Waals surface area (Å²) in [7, 11) is 0. The average Bonchev–Trinajstić information content (AvgIpc) is 2.82. The van der Waals surface area contributed by atoms with Crippen LogP contribution in [0.25, 0.3) is 0 Å². The zero-order valence-corrected chi connectivity index (χ0v) is 12.7. The van der Waals surface area contributed by atoms with Gasteiger partial charge in [0.25, 0.3) is 0 Å². The van der Waals surface area contributed by atoms with Gasteiger partial charge in [-0.15, -0.1) is 0 Å². The number of hydrogen-bond donors (Lipinski definition) is 1. The molecule has 2 nitrogen and oxygen atoms in total. The highest BCUT2D eigenvalue weighted by molar-refractivity contribution is 5.83. The molecule has 0 aromatic carbocycles. The van der Waals surface area contributed by atoms with Crippen LogP contribution in [0.1, 0.15) is 64.7 Å². The zero-order valence-electron chi connectivity index (χ0n) is 12.7. The van der Waals surface area contributed by atoms with Crippen molar-refractivity contribution in [2.75, 3.05) is 0 Å². The fraction of sp³-hybridized carbons (Fsp3) is 0.944. The Labute approximate surface area is 122 Å². The molecule has 1 N–H and O–H groups in total. The highest BCUT2D eigenvalue weighted by atomic mass is 16.3. The van der Waals surface area contributed by atoms with Crippen molar-refractivity contribution in [3.63, 3.8) is 0 Å². The molecule has 0 aromatic heterocycles. The summed E-state index contributed by atoms with van der Waals surface area (Å²) in [6.45, 7) is 2.51. The normalized spacial score (nSPS) is 55.0. The van der Waals surface area contributed by atoms with Gasteiger partial charge >= 0.3 is 0 Å². The van der Waals surface area contributed by atoms with E-state index in [1.807, 2.05) is 0 Å². The van der Waals surface area contributed by atoms with Gasteiger partial charge in [0.15, 0.2) is 0 Å². The lowest BCUT2D eigenvalue weighted by atomic mass is 9.47. The minimum atomic E-state index is -0.0472. The van der Waals surface area contributed by atoms with Crippen LogP contribution in [0.3, 0.4) is 0 Å². The molecule has 0 spiro atoms. The van der Waals surface area contributed by atoms with Crippen molar-refractivity contribution in [3.8, 4) is 0 Å². The second-order valence-electron chi connectivity index (χ2n) is 8.33. The van der Waals surface area contributed by atoms with E-state index in [4.69, 9.17) is 0 Å². The van der Waals surface area contributed by atoms with Crippen LogP contribution in [0.15, 0.2) is 0 Å². The average molecular weight is 276 g/mol. The Hall–Kier alpha value is -0.370. The summed E-state index contributed by atoms with van der Waals surface area (Å²) >= 11 is 0. The Morgan fingerprint density at radius 2 is 1.90 bits per heavy atom. The van der Waals surface area contributed by atoms with Crippen LogP contribution < -0.4 is 0 Å². The smallest absolute Gasteiger partial charge is 0.136 e. The zero-order chi connectivity index (χ0) is 13.9. The first-order chi connectivity index (χ1) is 9.59. The minimum Gasteiger partial charge on any atom is -0.393 e. The number of ketones is 1. The monoisotopic (exact) mass is 276 g/mol. The molecule has 4 fully saturated rings. The Balaban J connectivity index is 1.61. The van der Waals surface area contributed by atoms with Crippen molar-refractivity contribution in [1.82, 2.24) is 0 Å². The Morgan fingerprint density at radius 3 is 2.75 bits per heavy atom. The minimum absolute atomic E-state index is 0.0472. The van der Waals surface area contributed by atoms with Crippen LogP contribution in [-0.2, 0) is 4.79 Å². The van der Waals surface area contributed by atoms with Crippen LogP contribution in [0.4, 0.5) is 0 Å². The van der Waals surface area contributed by atoms with E-state index in [0.29, 0.717) is 23.0 Å². The van der Waals surface area contributed by atoms with E-state index in [-0.39, 0.29) is 6.10 Å². The van der Waals surface area contributed by atoms with Gasteiger partial charge in [-0.3, -0.25) is 4.79 Å². The van der Waals surface area contributed by atoms with Gasteiger partial charge in [0.05, 0.1) is 6.10 Å². The lowest BCUT2D eigenvalue weighted by molar-refractivity contribution is -0.129. The van der Waals surface area contributed by atoms with Crippen molar-refractivity contribution < 1.29 is 9.90 Å². The van der Waals surface area contributed by atoms with Crippen LogP contribution in [0.2, 0.25) is 0 Å². The maximum Gasteiger partial charge on any atom is 0.136 e. The number of aliphatic hydroxyl groups excluding tert-OH is 1. The largest absolute Gasteiger partial charge is 0.393 e. The van der Waals surface area contributed by atoms with E-state index in [9.17, 15) is 9.90 Å². The first-order valence-corrected chi connectivity index (χ1v) is 8.80. The predicted molar refractivity (Wildman–Crippen MR) is 78.1 cm³/mol. The fourth-order valence-corrected chi connectivity index (χ4v) is 6.65. The standard InChI is InChI=1S/C18H28O2/c1-18-9-8-12(19)10-11(18)2-3-14-13-5-7-17(20)15(13)4-6-16(14)18/h11-16,19H,2-10H2,1H3/t11-,12+,13-,14-,15+,16-,18-/m0/s1. The first-order valence-electron chi connectivity index (χ1n) is 8.80. The van der Waals surface area contributed by atoms with E-state index in [1.165, 1.54) is 32.1 Å². The van der Waals surface area contributed by atoms with Crippen molar-refractivity contribution in [1.29, 1.82) is 0 Å². The molecule has 0 amide bonds. The lowest BCUT2D eigenvalue weighted by Crippen LogP contribution is -2.51. The summed E-state index contributed by atoms with van der Waals surface area (Å²) in [6.07, 6.45) is 10.3. The molecular weight excluding hydrogens is 248 g/mol. The molecule has 0 aromatic rings. The van der Waals surface area contributed by atoms with E-state index in [1.54, 1.807) is 0 Å². The first kappa shape index (κ1) is 13.3. The molecular formula is C18H28O2. The molecule has 0 bridgehead atoms. The summed E-state index contributed by atoms with van der Waals surface area (Å²) < 4.78 is 0. The molecule has 4 rings (SSSR count). The van der Waals surface area contributed by atoms with Crippen LogP contribution in [0.5, 0.6) is 0 Å². The summed E-state index contributed by atoms with van der Waals surface area (Å²) in [5.41, 5.74) is 0.457. The maximum atomic E-state index is 12.1. The number of carbonyl (C=O) groups excluding carboxylic acids is 1. The number of aliphatic hydroxyl groups is 1. The molecule has 0 heterocycles. The quantitative estimate of drug-likeness (QED) is 0.734. The second-order valence-corrected chi connectivity index (χ2v) is 8.33. The van der Waals surface area contributed by atoms with Crippen molar-refractivity contribution >= 4 is 5.78 Å². The fourth-order valence-electron chi connectivity index (χ4n) is 6.65. The van der Waals surface area contributed by atoms with Gasteiger partial charge in [0.1, 0.15) is 5.78 Å². The molecule has 2 heteroatoms. The molecule has 4 aliphatic carbocycles. The van der Waals surface area contributed by atoms with Gasteiger partial charge in [-0.1, -0.05) is 6.92 Å². The summed E-state index contributed by atoms with van der Waals surface area (Å²) in [4.78, 5) is 12.1. The number of fused-ring (bicyclic) bond motifs is 5. The van der Waals surface area contributed by atoms with Gasteiger partial charge < -0.3 is 5.11 Å². The molecule has 0 aliphatic heterocycles. The molecule has 20 heavy (non-hydrogen) atoms. The number of carbonyl (C=O) groups is 1. The van der Waals surface area contributed by atoms with E-state index >= 15 is 0 Å². The SMILES string of the molecule is C[C@]12CC[C@@H](O)C[C@@H]1CC[C@H]1[C@@H]3CCC(=O)[C@@H]3CC[C@@H]12. The van der Waals surface area contributed by atoms with Gasteiger partial charge in [0.2, 0.25) is 0 Å².